The molecular formula is C15H23N3O5. The largest absolute Gasteiger partial charge is 0.465 e. The molecule has 2 rings (SSSR count). The molecule has 0 fully saturated rings. The van der Waals surface area contributed by atoms with Crippen molar-refractivity contribution in [3.8, 4) is 0 Å². The van der Waals surface area contributed by atoms with Crippen LogP contribution >= 0.6 is 0 Å². The third-order valence-corrected chi connectivity index (χ3v) is 3.36. The summed E-state index contributed by atoms with van der Waals surface area (Å²) in [5.74, 6) is -0.475. The lowest BCUT2D eigenvalue weighted by molar-refractivity contribution is -0.144. The van der Waals surface area contributed by atoms with Crippen molar-refractivity contribution in [1.29, 1.82) is 0 Å². The van der Waals surface area contributed by atoms with Crippen LogP contribution in [-0.2, 0) is 33.8 Å². The fourth-order valence-corrected chi connectivity index (χ4v) is 2.39. The van der Waals surface area contributed by atoms with Crippen LogP contribution in [0.25, 0.3) is 0 Å². The third kappa shape index (κ3) is 4.14. The molecule has 1 aromatic rings. The highest BCUT2D eigenvalue weighted by molar-refractivity contribution is 5.69. The number of nitrogens with zero attached hydrogens (tertiary/aromatic N) is 2. The van der Waals surface area contributed by atoms with Gasteiger partial charge in [-0.15, -0.1) is 0 Å². The summed E-state index contributed by atoms with van der Waals surface area (Å²) < 4.78 is 11.4. The monoisotopic (exact) mass is 325 g/mol. The topological polar surface area (TPSA) is 93.6 Å². The first kappa shape index (κ1) is 17.1. The second kappa shape index (κ2) is 6.47. The molecule has 0 aliphatic carbocycles. The quantitative estimate of drug-likeness (QED) is 0.838. The molecule has 23 heavy (non-hydrogen) atoms. The van der Waals surface area contributed by atoms with Gasteiger partial charge in [0.25, 0.3) is 5.56 Å². The molecule has 0 atom stereocenters. The fourth-order valence-electron chi connectivity index (χ4n) is 2.39. The van der Waals surface area contributed by atoms with Crippen molar-refractivity contribution in [2.45, 2.75) is 52.8 Å². The maximum absolute atomic E-state index is 12.4. The minimum Gasteiger partial charge on any atom is -0.465 e. The van der Waals surface area contributed by atoms with E-state index in [1.165, 1.54) is 9.58 Å². The molecular weight excluding hydrogens is 302 g/mol. The number of amides is 1. The Labute approximate surface area is 134 Å². The second-order valence-electron chi connectivity index (χ2n) is 6.42. The van der Waals surface area contributed by atoms with Crippen molar-refractivity contribution < 1.29 is 19.1 Å². The predicted molar refractivity (Wildman–Crippen MR) is 82.0 cm³/mol. The average molecular weight is 325 g/mol. The lowest BCUT2D eigenvalue weighted by Gasteiger charge is -2.29. The van der Waals surface area contributed by atoms with Gasteiger partial charge in [0.05, 0.1) is 18.7 Å². The van der Waals surface area contributed by atoms with E-state index >= 15 is 0 Å². The van der Waals surface area contributed by atoms with Crippen LogP contribution in [0.5, 0.6) is 0 Å². The molecule has 1 amide bonds. The Morgan fingerprint density at radius 3 is 2.61 bits per heavy atom. The van der Waals surface area contributed by atoms with E-state index in [9.17, 15) is 14.4 Å². The third-order valence-electron chi connectivity index (χ3n) is 3.36. The zero-order valence-corrected chi connectivity index (χ0v) is 14.0. The van der Waals surface area contributed by atoms with Crippen molar-refractivity contribution in [2.75, 3.05) is 13.2 Å². The van der Waals surface area contributed by atoms with Crippen molar-refractivity contribution in [1.82, 2.24) is 14.7 Å². The maximum Gasteiger partial charge on any atom is 0.410 e. The predicted octanol–water partition coefficient (Wildman–Crippen LogP) is 1.03. The Morgan fingerprint density at radius 2 is 2.00 bits per heavy atom. The Hall–Kier alpha value is -2.25. The van der Waals surface area contributed by atoms with E-state index in [1.54, 1.807) is 27.7 Å². The van der Waals surface area contributed by atoms with Gasteiger partial charge in [0.1, 0.15) is 12.1 Å². The van der Waals surface area contributed by atoms with Crippen molar-refractivity contribution in [3.05, 3.63) is 21.6 Å². The molecule has 0 saturated heterocycles. The van der Waals surface area contributed by atoms with Gasteiger partial charge in [0, 0.05) is 18.7 Å². The summed E-state index contributed by atoms with van der Waals surface area (Å²) in [6, 6.07) is 0. The van der Waals surface area contributed by atoms with Gasteiger partial charge < -0.3 is 14.4 Å². The van der Waals surface area contributed by atoms with Gasteiger partial charge in [0.15, 0.2) is 0 Å². The van der Waals surface area contributed by atoms with Crippen molar-refractivity contribution >= 4 is 12.1 Å². The van der Waals surface area contributed by atoms with E-state index in [1.807, 2.05) is 0 Å². The number of fused-ring (bicyclic) bond motifs is 1. The summed E-state index contributed by atoms with van der Waals surface area (Å²) in [5.41, 5.74) is 0.353. The van der Waals surface area contributed by atoms with Crippen LogP contribution in [0.2, 0.25) is 0 Å². The number of rotatable bonds is 3. The molecule has 1 aliphatic heterocycles. The molecule has 128 valence electrons. The van der Waals surface area contributed by atoms with E-state index in [0.29, 0.717) is 18.5 Å². The van der Waals surface area contributed by atoms with Crippen LogP contribution in [0.1, 0.15) is 39.0 Å². The molecule has 0 bridgehead atoms. The normalized spacial score (nSPS) is 14.3. The van der Waals surface area contributed by atoms with Crippen LogP contribution in [-0.4, -0.2) is 45.5 Å². The molecule has 0 saturated carbocycles. The summed E-state index contributed by atoms with van der Waals surface area (Å²) in [6.07, 6.45) is 0.0697. The van der Waals surface area contributed by atoms with Gasteiger partial charge in [-0.3, -0.25) is 14.7 Å². The van der Waals surface area contributed by atoms with E-state index in [-0.39, 0.29) is 25.3 Å². The highest BCUT2D eigenvalue weighted by Gasteiger charge is 2.29. The molecule has 8 heteroatoms. The number of aromatic nitrogens is 2. The summed E-state index contributed by atoms with van der Waals surface area (Å²) in [7, 11) is 0. The number of hydrogen-bond acceptors (Lipinski definition) is 5. The molecule has 0 spiro atoms. The van der Waals surface area contributed by atoms with Gasteiger partial charge in [-0.2, -0.15) is 0 Å². The minimum atomic E-state index is -0.584. The SMILES string of the molecule is CCOC(=O)Cn1[nH]c2c(c1=O)CN(C(=O)OC(C)(C)C)CC2. The summed E-state index contributed by atoms with van der Waals surface area (Å²) in [5, 5.41) is 2.92. The highest BCUT2D eigenvalue weighted by atomic mass is 16.6. The smallest absolute Gasteiger partial charge is 0.410 e. The van der Waals surface area contributed by atoms with Crippen LogP contribution in [0, 0.1) is 0 Å². The lowest BCUT2D eigenvalue weighted by atomic mass is 10.1. The Kier molecular flexibility index (Phi) is 4.82. The Bertz CT molecular complexity index is 653. The van der Waals surface area contributed by atoms with Crippen molar-refractivity contribution in [2.24, 2.45) is 0 Å². The molecule has 1 aliphatic rings. The highest BCUT2D eigenvalue weighted by Crippen LogP contribution is 2.17. The molecule has 2 heterocycles. The maximum atomic E-state index is 12.4. The van der Waals surface area contributed by atoms with Gasteiger partial charge in [-0.1, -0.05) is 0 Å². The molecule has 1 N–H and O–H groups in total. The molecule has 0 radical (unpaired) electrons. The number of hydrogen-bond donors (Lipinski definition) is 1. The van der Waals surface area contributed by atoms with E-state index in [0.717, 1.165) is 5.69 Å². The minimum absolute atomic E-state index is 0.161. The molecule has 0 aromatic carbocycles. The number of esters is 1. The number of carbonyl (C=O) groups excluding carboxylic acids is 2. The van der Waals surface area contributed by atoms with Gasteiger partial charge in [-0.25, -0.2) is 9.48 Å². The fraction of sp³-hybridized carbons (Fsp3) is 0.667. The van der Waals surface area contributed by atoms with Gasteiger partial charge in [-0.05, 0) is 27.7 Å². The number of ether oxygens (including phenoxy) is 2. The molecule has 8 nitrogen and oxygen atoms in total. The van der Waals surface area contributed by atoms with E-state index in [4.69, 9.17) is 9.47 Å². The Morgan fingerprint density at radius 1 is 1.30 bits per heavy atom. The first-order chi connectivity index (χ1) is 10.7. The average Bonchev–Trinajstić information content (AvgIpc) is 2.73. The number of aromatic amines is 1. The lowest BCUT2D eigenvalue weighted by Crippen LogP contribution is -2.41. The number of nitrogens with one attached hydrogen (secondary N) is 1. The molecule has 1 aromatic heterocycles. The first-order valence-electron chi connectivity index (χ1n) is 7.65. The molecule has 0 unspecified atom stereocenters. The van der Waals surface area contributed by atoms with E-state index < -0.39 is 17.7 Å². The Balaban J connectivity index is 2.12. The van der Waals surface area contributed by atoms with Gasteiger partial charge in [0.2, 0.25) is 0 Å². The number of H-pyrrole nitrogens is 1. The van der Waals surface area contributed by atoms with Gasteiger partial charge >= 0.3 is 12.1 Å². The van der Waals surface area contributed by atoms with E-state index in [2.05, 4.69) is 5.10 Å². The summed E-state index contributed by atoms with van der Waals surface area (Å²) in [6.45, 7) is 7.83. The van der Waals surface area contributed by atoms with Crippen molar-refractivity contribution in [3.63, 3.8) is 0 Å². The number of carbonyl (C=O) groups is 2. The standard InChI is InChI=1S/C15H23N3O5/c1-5-22-12(19)9-18-13(20)10-8-17(7-6-11(10)16-18)14(21)23-15(2,3)4/h16H,5-9H2,1-4H3. The van der Waals surface area contributed by atoms with Crippen LogP contribution < -0.4 is 5.56 Å². The first-order valence-corrected chi connectivity index (χ1v) is 7.65. The summed E-state index contributed by atoms with van der Waals surface area (Å²) in [4.78, 5) is 37.5. The zero-order chi connectivity index (χ0) is 17.2. The summed E-state index contributed by atoms with van der Waals surface area (Å²) >= 11 is 0. The van der Waals surface area contributed by atoms with Crippen LogP contribution in [0.4, 0.5) is 4.79 Å². The zero-order valence-electron chi connectivity index (χ0n) is 14.0. The second-order valence-corrected chi connectivity index (χ2v) is 6.42. The van der Waals surface area contributed by atoms with Crippen LogP contribution in [0.3, 0.4) is 0 Å². The van der Waals surface area contributed by atoms with Crippen LogP contribution in [0.15, 0.2) is 4.79 Å².